The maximum Gasteiger partial charge on any atom is 0.280 e. The van der Waals surface area contributed by atoms with Gasteiger partial charge in [0.2, 0.25) is 0 Å². The van der Waals surface area contributed by atoms with Gasteiger partial charge in [0.15, 0.2) is 5.82 Å². The molecule has 0 amide bonds. The van der Waals surface area contributed by atoms with Crippen LogP contribution in [-0.2, 0) is 6.42 Å². The zero-order chi connectivity index (χ0) is 14.7. The molecule has 2 rings (SSSR count). The van der Waals surface area contributed by atoms with Crippen LogP contribution in [0.5, 0.6) is 0 Å². The van der Waals surface area contributed by atoms with Crippen LogP contribution in [0.4, 0.5) is 5.69 Å². The molecule has 1 unspecified atom stereocenters. The molecule has 0 fully saturated rings. The quantitative estimate of drug-likeness (QED) is 0.680. The number of hydrogen-bond donors (Lipinski definition) is 1. The predicted molar refractivity (Wildman–Crippen MR) is 76.2 cm³/mol. The minimum atomic E-state index is -0.424. The highest BCUT2D eigenvalue weighted by Crippen LogP contribution is 2.27. The van der Waals surface area contributed by atoms with E-state index in [2.05, 4.69) is 9.97 Å². The molecule has 0 aliphatic carbocycles. The van der Waals surface area contributed by atoms with Gasteiger partial charge in [-0.05, 0) is 26.0 Å². The number of rotatable bonds is 4. The van der Waals surface area contributed by atoms with E-state index in [-0.39, 0.29) is 11.7 Å². The van der Waals surface area contributed by atoms with Crippen LogP contribution in [0.3, 0.4) is 0 Å². The first-order valence-electron chi connectivity index (χ1n) is 6.31. The summed E-state index contributed by atoms with van der Waals surface area (Å²) in [6, 6.07) is 8.29. The monoisotopic (exact) mass is 272 g/mol. The first-order chi connectivity index (χ1) is 9.47. The van der Waals surface area contributed by atoms with Crippen LogP contribution in [-0.4, -0.2) is 20.9 Å². The molecule has 2 N–H and O–H groups in total. The Labute approximate surface area is 116 Å². The van der Waals surface area contributed by atoms with Crippen LogP contribution in [0.25, 0.3) is 11.4 Å². The molecule has 1 atom stereocenters. The second kappa shape index (κ2) is 5.75. The molecule has 6 heteroatoms. The molecular formula is C14H16N4O2. The number of nitrogens with two attached hydrogens (primary N) is 1. The third-order valence-electron chi connectivity index (χ3n) is 2.78. The number of hydrogen-bond acceptors (Lipinski definition) is 5. The van der Waals surface area contributed by atoms with Gasteiger partial charge in [-0.25, -0.2) is 9.97 Å². The fourth-order valence-electron chi connectivity index (χ4n) is 2.01. The van der Waals surface area contributed by atoms with Gasteiger partial charge in [0.25, 0.3) is 5.69 Å². The molecule has 104 valence electrons. The van der Waals surface area contributed by atoms with Gasteiger partial charge >= 0.3 is 0 Å². The number of aryl methyl sites for hydroxylation is 1. The Morgan fingerprint density at radius 1 is 1.35 bits per heavy atom. The molecule has 0 aliphatic heterocycles. The summed E-state index contributed by atoms with van der Waals surface area (Å²) in [5, 5.41) is 11.1. The molecule has 0 aliphatic rings. The van der Waals surface area contributed by atoms with Crippen molar-refractivity contribution in [1.82, 2.24) is 9.97 Å². The lowest BCUT2D eigenvalue weighted by Gasteiger charge is -2.08. The van der Waals surface area contributed by atoms with E-state index < -0.39 is 4.92 Å². The van der Waals surface area contributed by atoms with E-state index in [9.17, 15) is 10.1 Å². The predicted octanol–water partition coefficient (Wildman–Crippen LogP) is 2.25. The Balaban J connectivity index is 2.53. The molecule has 0 bridgehead atoms. The molecule has 0 spiro atoms. The third kappa shape index (κ3) is 3.16. The van der Waals surface area contributed by atoms with Crippen molar-refractivity contribution in [3.8, 4) is 11.4 Å². The average Bonchev–Trinajstić information content (AvgIpc) is 2.37. The zero-order valence-corrected chi connectivity index (χ0v) is 11.4. The maximum absolute atomic E-state index is 11.1. The number of benzene rings is 1. The topological polar surface area (TPSA) is 94.9 Å². The van der Waals surface area contributed by atoms with Gasteiger partial charge in [0, 0.05) is 29.9 Å². The fourth-order valence-corrected chi connectivity index (χ4v) is 2.01. The van der Waals surface area contributed by atoms with E-state index in [0.29, 0.717) is 17.8 Å². The number of nitrogens with zero attached hydrogens (tertiary/aromatic N) is 3. The van der Waals surface area contributed by atoms with Gasteiger partial charge in [-0.15, -0.1) is 0 Å². The number of nitro benzene ring substituents is 1. The molecule has 2 aromatic rings. The summed E-state index contributed by atoms with van der Waals surface area (Å²) in [6.45, 7) is 3.73. The van der Waals surface area contributed by atoms with E-state index in [0.717, 1.165) is 11.4 Å². The molecule has 0 saturated heterocycles. The summed E-state index contributed by atoms with van der Waals surface area (Å²) in [4.78, 5) is 19.3. The van der Waals surface area contributed by atoms with Crippen molar-refractivity contribution in [1.29, 1.82) is 0 Å². The van der Waals surface area contributed by atoms with Crippen molar-refractivity contribution in [3.05, 3.63) is 51.8 Å². The van der Waals surface area contributed by atoms with E-state index in [1.54, 1.807) is 18.2 Å². The maximum atomic E-state index is 11.1. The van der Waals surface area contributed by atoms with Crippen LogP contribution in [0, 0.1) is 17.0 Å². The first kappa shape index (κ1) is 14.1. The number of para-hydroxylation sites is 1. The van der Waals surface area contributed by atoms with Crippen LogP contribution >= 0.6 is 0 Å². The molecule has 20 heavy (non-hydrogen) atoms. The highest BCUT2D eigenvalue weighted by Gasteiger charge is 2.17. The Hall–Kier alpha value is -2.34. The molecule has 0 saturated carbocycles. The van der Waals surface area contributed by atoms with Crippen LogP contribution < -0.4 is 5.73 Å². The zero-order valence-electron chi connectivity index (χ0n) is 11.4. The molecule has 1 heterocycles. The molecular weight excluding hydrogens is 256 g/mol. The largest absolute Gasteiger partial charge is 0.328 e. The van der Waals surface area contributed by atoms with Gasteiger partial charge in [0.05, 0.1) is 10.5 Å². The van der Waals surface area contributed by atoms with Crippen LogP contribution in [0.15, 0.2) is 30.3 Å². The second-order valence-corrected chi connectivity index (χ2v) is 4.78. The minimum absolute atomic E-state index is 0.00449. The lowest BCUT2D eigenvalue weighted by molar-refractivity contribution is -0.384. The summed E-state index contributed by atoms with van der Waals surface area (Å²) in [6.07, 6.45) is 0.608. The standard InChI is InChI=1S/C14H16N4O2/c1-9(15)7-11-8-10(2)16-14(17-11)12-5-3-4-6-13(12)18(19)20/h3-6,8-9H,7,15H2,1-2H3. The SMILES string of the molecule is Cc1cc(CC(C)N)nc(-c2ccccc2[N+](=O)[O-])n1. The smallest absolute Gasteiger partial charge is 0.280 e. The number of aromatic nitrogens is 2. The molecule has 1 aromatic heterocycles. The highest BCUT2D eigenvalue weighted by atomic mass is 16.6. The molecule has 0 radical (unpaired) electrons. The van der Waals surface area contributed by atoms with Crippen molar-refractivity contribution in [2.45, 2.75) is 26.3 Å². The Morgan fingerprint density at radius 2 is 2.05 bits per heavy atom. The van der Waals surface area contributed by atoms with Gasteiger partial charge < -0.3 is 5.73 Å². The van der Waals surface area contributed by atoms with Crippen molar-refractivity contribution in [2.24, 2.45) is 5.73 Å². The lowest BCUT2D eigenvalue weighted by Crippen LogP contribution is -2.19. The van der Waals surface area contributed by atoms with E-state index in [1.807, 2.05) is 19.9 Å². The Morgan fingerprint density at radius 3 is 2.70 bits per heavy atom. The summed E-state index contributed by atoms with van der Waals surface area (Å²) < 4.78 is 0. The summed E-state index contributed by atoms with van der Waals surface area (Å²) in [5.41, 5.74) is 7.76. The van der Waals surface area contributed by atoms with Crippen molar-refractivity contribution in [3.63, 3.8) is 0 Å². The van der Waals surface area contributed by atoms with Gasteiger partial charge in [-0.2, -0.15) is 0 Å². The first-order valence-corrected chi connectivity index (χ1v) is 6.31. The van der Waals surface area contributed by atoms with E-state index in [4.69, 9.17) is 5.73 Å². The van der Waals surface area contributed by atoms with Gasteiger partial charge in [0.1, 0.15) is 0 Å². The second-order valence-electron chi connectivity index (χ2n) is 4.78. The summed E-state index contributed by atoms with van der Waals surface area (Å²) in [7, 11) is 0. The number of nitro groups is 1. The molecule has 1 aromatic carbocycles. The normalized spacial score (nSPS) is 12.2. The minimum Gasteiger partial charge on any atom is -0.328 e. The summed E-state index contributed by atoms with van der Waals surface area (Å²) >= 11 is 0. The van der Waals surface area contributed by atoms with Crippen molar-refractivity contribution >= 4 is 5.69 Å². The summed E-state index contributed by atoms with van der Waals surface area (Å²) in [5.74, 6) is 0.368. The van der Waals surface area contributed by atoms with Crippen molar-refractivity contribution in [2.75, 3.05) is 0 Å². The van der Waals surface area contributed by atoms with Crippen LogP contribution in [0.2, 0.25) is 0 Å². The van der Waals surface area contributed by atoms with E-state index >= 15 is 0 Å². The fraction of sp³-hybridized carbons (Fsp3) is 0.286. The highest BCUT2D eigenvalue weighted by molar-refractivity contribution is 5.67. The average molecular weight is 272 g/mol. The van der Waals surface area contributed by atoms with Gasteiger partial charge in [-0.3, -0.25) is 10.1 Å². The molecule has 6 nitrogen and oxygen atoms in total. The van der Waals surface area contributed by atoms with E-state index in [1.165, 1.54) is 6.07 Å². The lowest BCUT2D eigenvalue weighted by atomic mass is 10.1. The Bertz CT molecular complexity index is 641. The van der Waals surface area contributed by atoms with Gasteiger partial charge in [-0.1, -0.05) is 12.1 Å². The van der Waals surface area contributed by atoms with Crippen molar-refractivity contribution < 1.29 is 4.92 Å². The van der Waals surface area contributed by atoms with Crippen LogP contribution in [0.1, 0.15) is 18.3 Å². The Kier molecular flexibility index (Phi) is 4.05. The third-order valence-corrected chi connectivity index (χ3v) is 2.78.